The van der Waals surface area contributed by atoms with E-state index in [-0.39, 0.29) is 18.0 Å². The van der Waals surface area contributed by atoms with Crippen molar-refractivity contribution in [1.29, 1.82) is 0 Å². The Morgan fingerprint density at radius 2 is 1.77 bits per heavy atom. The van der Waals surface area contributed by atoms with Crippen LogP contribution < -0.4 is 4.74 Å². The SMILES string of the molecule is Cc1cc(-c2cccc(-c3cc4nc(C)c(CC(=O)O)c(-c5cc(F)c6c(c5C)CCCO6)n4n3)c2)ccc1F. The van der Waals surface area contributed by atoms with E-state index >= 15 is 4.39 Å². The lowest BCUT2D eigenvalue weighted by molar-refractivity contribution is -0.136. The van der Waals surface area contributed by atoms with E-state index in [1.807, 2.05) is 37.3 Å². The molecule has 0 unspecified atom stereocenters. The molecule has 40 heavy (non-hydrogen) atoms. The number of carboxylic acids is 1. The van der Waals surface area contributed by atoms with Crippen LogP contribution in [0.2, 0.25) is 0 Å². The van der Waals surface area contributed by atoms with Gasteiger partial charge in [0.1, 0.15) is 5.82 Å². The van der Waals surface area contributed by atoms with Crippen LogP contribution in [0, 0.1) is 32.4 Å². The van der Waals surface area contributed by atoms with Crippen molar-refractivity contribution in [3.8, 4) is 39.4 Å². The summed E-state index contributed by atoms with van der Waals surface area (Å²) in [6, 6.07) is 16.0. The van der Waals surface area contributed by atoms with Crippen LogP contribution in [0.5, 0.6) is 5.75 Å². The van der Waals surface area contributed by atoms with Crippen LogP contribution in [0.4, 0.5) is 8.78 Å². The van der Waals surface area contributed by atoms with Crippen molar-refractivity contribution in [3.63, 3.8) is 0 Å². The van der Waals surface area contributed by atoms with E-state index < -0.39 is 11.8 Å². The number of aliphatic carboxylic acids is 1. The third-order valence-electron chi connectivity index (χ3n) is 7.58. The average molecular weight is 540 g/mol. The minimum absolute atomic E-state index is 0.258. The van der Waals surface area contributed by atoms with Crippen molar-refractivity contribution in [2.75, 3.05) is 6.61 Å². The van der Waals surface area contributed by atoms with E-state index in [1.165, 1.54) is 12.1 Å². The fourth-order valence-corrected chi connectivity index (χ4v) is 5.52. The van der Waals surface area contributed by atoms with Crippen molar-refractivity contribution >= 4 is 11.6 Å². The van der Waals surface area contributed by atoms with Crippen LogP contribution in [-0.2, 0) is 17.6 Å². The van der Waals surface area contributed by atoms with Crippen LogP contribution in [0.3, 0.4) is 0 Å². The Morgan fingerprint density at radius 1 is 1.00 bits per heavy atom. The molecule has 6 rings (SSSR count). The summed E-state index contributed by atoms with van der Waals surface area (Å²) < 4.78 is 36.4. The second-order valence-electron chi connectivity index (χ2n) is 10.2. The maximum atomic E-state index is 15.3. The first-order valence-electron chi connectivity index (χ1n) is 13.1. The molecule has 0 aliphatic carbocycles. The van der Waals surface area contributed by atoms with Gasteiger partial charge >= 0.3 is 5.97 Å². The summed E-state index contributed by atoms with van der Waals surface area (Å²) in [6.07, 6.45) is 1.17. The first-order valence-corrected chi connectivity index (χ1v) is 13.1. The zero-order valence-corrected chi connectivity index (χ0v) is 22.4. The Hall–Kier alpha value is -4.59. The number of carboxylic acid groups (broad SMARTS) is 1. The van der Waals surface area contributed by atoms with Gasteiger partial charge in [0.25, 0.3) is 0 Å². The predicted molar refractivity (Wildman–Crippen MR) is 149 cm³/mol. The van der Waals surface area contributed by atoms with E-state index in [4.69, 9.17) is 9.84 Å². The zero-order chi connectivity index (χ0) is 28.1. The van der Waals surface area contributed by atoms with Gasteiger partial charge in [-0.2, -0.15) is 5.10 Å². The smallest absolute Gasteiger partial charge is 0.307 e. The second kappa shape index (κ2) is 9.86. The van der Waals surface area contributed by atoms with Crippen LogP contribution in [0.15, 0.2) is 54.6 Å². The molecule has 0 atom stereocenters. The molecule has 2 aromatic heterocycles. The maximum Gasteiger partial charge on any atom is 0.307 e. The molecule has 3 heterocycles. The Balaban J connectivity index is 1.56. The van der Waals surface area contributed by atoms with Gasteiger partial charge in [0, 0.05) is 34.0 Å². The van der Waals surface area contributed by atoms with Crippen molar-refractivity contribution in [3.05, 3.63) is 94.2 Å². The molecule has 0 radical (unpaired) electrons. The number of fused-ring (bicyclic) bond motifs is 2. The normalized spacial score (nSPS) is 12.8. The Kier molecular flexibility index (Phi) is 6.33. The molecule has 1 N–H and O–H groups in total. The van der Waals surface area contributed by atoms with Gasteiger partial charge in [-0.05, 0) is 80.1 Å². The first kappa shape index (κ1) is 25.7. The lowest BCUT2D eigenvalue weighted by atomic mass is 9.91. The average Bonchev–Trinajstić information content (AvgIpc) is 3.36. The number of carbonyl (C=O) groups is 1. The summed E-state index contributed by atoms with van der Waals surface area (Å²) in [5.41, 5.74) is 8.02. The molecule has 1 aliphatic heterocycles. The monoisotopic (exact) mass is 539 g/mol. The number of aryl methyl sites for hydroxylation is 2. The molecular formula is C32H27F2N3O3. The quantitative estimate of drug-likeness (QED) is 0.263. The topological polar surface area (TPSA) is 76.7 Å². The molecule has 202 valence electrons. The molecule has 1 aliphatic rings. The molecule has 0 saturated carbocycles. The summed E-state index contributed by atoms with van der Waals surface area (Å²) >= 11 is 0. The lowest BCUT2D eigenvalue weighted by Crippen LogP contribution is -2.14. The molecule has 8 heteroatoms. The van der Waals surface area contributed by atoms with E-state index in [0.717, 1.165) is 34.2 Å². The molecule has 0 saturated heterocycles. The second-order valence-corrected chi connectivity index (χ2v) is 10.2. The summed E-state index contributed by atoms with van der Waals surface area (Å²) in [7, 11) is 0. The van der Waals surface area contributed by atoms with Gasteiger partial charge in [-0.1, -0.05) is 24.3 Å². The van der Waals surface area contributed by atoms with Crippen molar-refractivity contribution < 1.29 is 23.4 Å². The lowest BCUT2D eigenvalue weighted by Gasteiger charge is -2.23. The van der Waals surface area contributed by atoms with E-state index in [1.54, 1.807) is 30.5 Å². The number of nitrogens with zero attached hydrogens (tertiary/aromatic N) is 3. The van der Waals surface area contributed by atoms with Gasteiger partial charge < -0.3 is 9.84 Å². The standard InChI is InChI=1S/C32H27F2N3O3/c1-17-12-21(9-10-26(17)33)20-6-4-7-22(13-20)28-16-29-35-19(3)25(15-30(38)39)31(37(29)36-28)24-14-27(34)32-23(18(24)2)8-5-11-40-32/h4,6-7,9-10,12-14,16H,5,8,11,15H2,1-3H3,(H,38,39). The zero-order valence-electron chi connectivity index (χ0n) is 22.4. The van der Waals surface area contributed by atoms with E-state index in [0.29, 0.717) is 52.4 Å². The Bertz CT molecular complexity index is 1830. The molecule has 3 aromatic carbocycles. The minimum Gasteiger partial charge on any atom is -0.490 e. The van der Waals surface area contributed by atoms with Crippen molar-refractivity contribution in [2.45, 2.75) is 40.0 Å². The first-order chi connectivity index (χ1) is 19.2. The Morgan fingerprint density at radius 3 is 2.55 bits per heavy atom. The van der Waals surface area contributed by atoms with Crippen LogP contribution in [-0.4, -0.2) is 32.3 Å². The molecule has 5 aromatic rings. The highest BCUT2D eigenvalue weighted by molar-refractivity contribution is 5.80. The van der Waals surface area contributed by atoms with Gasteiger partial charge in [0.15, 0.2) is 17.2 Å². The third kappa shape index (κ3) is 4.39. The van der Waals surface area contributed by atoms with Gasteiger partial charge in [-0.25, -0.2) is 18.3 Å². The van der Waals surface area contributed by atoms with Crippen LogP contribution >= 0.6 is 0 Å². The minimum atomic E-state index is -1.01. The van der Waals surface area contributed by atoms with E-state index in [9.17, 15) is 14.3 Å². The molecule has 0 bridgehead atoms. The van der Waals surface area contributed by atoms with Crippen LogP contribution in [0.25, 0.3) is 39.3 Å². The summed E-state index contributed by atoms with van der Waals surface area (Å²) in [5.74, 6) is -1.48. The number of benzene rings is 3. The van der Waals surface area contributed by atoms with Crippen LogP contribution in [0.1, 0.15) is 34.4 Å². The third-order valence-corrected chi connectivity index (χ3v) is 7.58. The van der Waals surface area contributed by atoms with Gasteiger partial charge in [-0.3, -0.25) is 4.79 Å². The number of hydrogen-bond acceptors (Lipinski definition) is 4. The molecular weight excluding hydrogens is 512 g/mol. The van der Waals surface area contributed by atoms with Crippen molar-refractivity contribution in [1.82, 2.24) is 14.6 Å². The number of hydrogen-bond donors (Lipinski definition) is 1. The number of rotatable bonds is 5. The number of aromatic nitrogens is 3. The summed E-state index contributed by atoms with van der Waals surface area (Å²) in [5, 5.41) is 14.6. The Labute approximate surface area is 229 Å². The van der Waals surface area contributed by atoms with Gasteiger partial charge in [0.2, 0.25) is 0 Å². The highest BCUT2D eigenvalue weighted by atomic mass is 19.1. The number of ether oxygens (including phenoxy) is 1. The maximum absolute atomic E-state index is 15.3. The van der Waals surface area contributed by atoms with E-state index in [2.05, 4.69) is 4.98 Å². The highest BCUT2D eigenvalue weighted by Gasteiger charge is 2.26. The largest absolute Gasteiger partial charge is 0.490 e. The number of halogens is 2. The predicted octanol–water partition coefficient (Wildman–Crippen LogP) is 6.89. The molecule has 0 fully saturated rings. The molecule has 0 spiro atoms. The molecule has 0 amide bonds. The summed E-state index contributed by atoms with van der Waals surface area (Å²) in [6.45, 7) is 5.86. The highest BCUT2D eigenvalue weighted by Crippen LogP contribution is 2.39. The summed E-state index contributed by atoms with van der Waals surface area (Å²) in [4.78, 5) is 16.6. The van der Waals surface area contributed by atoms with Gasteiger partial charge in [0.05, 0.1) is 24.4 Å². The fourth-order valence-electron chi connectivity index (χ4n) is 5.52. The van der Waals surface area contributed by atoms with Crippen molar-refractivity contribution in [2.24, 2.45) is 0 Å². The molecule has 6 nitrogen and oxygen atoms in total. The van der Waals surface area contributed by atoms with Gasteiger partial charge in [-0.15, -0.1) is 0 Å². The fraction of sp³-hybridized carbons (Fsp3) is 0.219.